The van der Waals surface area contributed by atoms with E-state index in [1.54, 1.807) is 12.1 Å². The monoisotopic (exact) mass is 509 g/mol. The third-order valence-corrected chi connectivity index (χ3v) is 6.52. The van der Waals surface area contributed by atoms with Crippen LogP contribution >= 0.6 is 0 Å². The molecule has 0 heterocycles. The summed E-state index contributed by atoms with van der Waals surface area (Å²) in [6.45, 7) is 2.49. The van der Waals surface area contributed by atoms with Crippen molar-refractivity contribution in [1.29, 1.82) is 0 Å². The van der Waals surface area contributed by atoms with Crippen molar-refractivity contribution in [3.63, 3.8) is 0 Å². The summed E-state index contributed by atoms with van der Waals surface area (Å²) in [7, 11) is 1.44. The summed E-state index contributed by atoms with van der Waals surface area (Å²) in [5.41, 5.74) is 0.532. The van der Waals surface area contributed by atoms with Gasteiger partial charge in [0.1, 0.15) is 5.75 Å². The van der Waals surface area contributed by atoms with Crippen molar-refractivity contribution < 1.29 is 27.1 Å². The van der Waals surface area contributed by atoms with E-state index in [0.717, 1.165) is 31.4 Å². The fourth-order valence-corrected chi connectivity index (χ4v) is 4.40. The minimum Gasteiger partial charge on any atom is -0.755 e. The fraction of sp³-hybridized carbons (Fsp3) is 0.500. The maximum absolute atomic E-state index is 13.5. The summed E-state index contributed by atoms with van der Waals surface area (Å²) in [4.78, 5) is 12.5. The largest absolute Gasteiger partial charge is 0.755 e. The molecular weight excluding hydrogens is 474 g/mol. The topological polar surface area (TPSA) is 81.7 Å². The van der Waals surface area contributed by atoms with Gasteiger partial charge in [0.2, 0.25) is 0 Å². The first-order valence-electron chi connectivity index (χ1n) is 12.2. The third-order valence-electron chi connectivity index (χ3n) is 5.78. The van der Waals surface area contributed by atoms with Gasteiger partial charge >= 0.3 is 0 Å². The second kappa shape index (κ2) is 15.5. The van der Waals surface area contributed by atoms with E-state index in [2.05, 4.69) is 12.2 Å². The highest BCUT2D eigenvalue weighted by atomic mass is 32.2. The molecule has 0 aliphatic rings. The van der Waals surface area contributed by atoms with Crippen molar-refractivity contribution in [1.82, 2.24) is 0 Å². The van der Waals surface area contributed by atoms with E-state index < -0.39 is 28.8 Å². The number of rotatable bonds is 16. The molecule has 0 aliphatic heterocycles. The number of halogens is 2. The molecule has 1 atom stereocenters. The summed E-state index contributed by atoms with van der Waals surface area (Å²) in [6.07, 6.45) is 11.4. The van der Waals surface area contributed by atoms with Crippen LogP contribution in [0.15, 0.2) is 36.4 Å². The van der Waals surface area contributed by atoms with Crippen molar-refractivity contribution >= 4 is 28.5 Å². The molecule has 194 valence electrons. The van der Waals surface area contributed by atoms with E-state index in [-0.39, 0.29) is 12.1 Å². The van der Waals surface area contributed by atoms with Crippen LogP contribution in [0.4, 0.5) is 20.2 Å². The van der Waals surface area contributed by atoms with Crippen molar-refractivity contribution in [2.45, 2.75) is 71.1 Å². The first-order valence-corrected chi connectivity index (χ1v) is 13.2. The number of benzene rings is 2. The van der Waals surface area contributed by atoms with Gasteiger partial charge in [0.15, 0.2) is 11.6 Å². The highest BCUT2D eigenvalue weighted by Gasteiger charge is 2.16. The summed E-state index contributed by atoms with van der Waals surface area (Å²) in [6, 6.07) is 7.43. The molecule has 0 bridgehead atoms. The minimum absolute atomic E-state index is 0.0594. The normalized spacial score (nSPS) is 11.8. The Morgan fingerprint density at radius 3 is 2.14 bits per heavy atom. The van der Waals surface area contributed by atoms with Gasteiger partial charge in [-0.2, -0.15) is 0 Å². The summed E-state index contributed by atoms with van der Waals surface area (Å²) in [5, 5.41) is 2.59. The predicted molar refractivity (Wildman–Crippen MR) is 135 cm³/mol. The van der Waals surface area contributed by atoms with E-state index in [4.69, 9.17) is 4.74 Å². The Kier molecular flexibility index (Phi) is 12.7. The molecule has 0 aliphatic carbocycles. The van der Waals surface area contributed by atoms with Crippen molar-refractivity contribution in [2.75, 3.05) is 23.3 Å². The van der Waals surface area contributed by atoms with Crippen molar-refractivity contribution in [3.05, 3.63) is 53.6 Å². The first-order chi connectivity index (χ1) is 16.9. The van der Waals surface area contributed by atoms with Gasteiger partial charge in [-0.3, -0.25) is 13.3 Å². The van der Waals surface area contributed by atoms with Crippen LogP contribution in [0.25, 0.3) is 0 Å². The molecular formula is C26H35F2N2O4S-. The lowest BCUT2D eigenvalue weighted by Crippen LogP contribution is -2.27. The van der Waals surface area contributed by atoms with Gasteiger partial charge in [0, 0.05) is 29.1 Å². The Morgan fingerprint density at radius 2 is 1.57 bits per heavy atom. The van der Waals surface area contributed by atoms with Crippen LogP contribution in [0, 0.1) is 11.6 Å². The number of nitrogens with one attached hydrogen (secondary N) is 1. The average molecular weight is 510 g/mol. The molecule has 0 saturated heterocycles. The molecule has 2 aromatic rings. The molecule has 2 rings (SSSR count). The van der Waals surface area contributed by atoms with Gasteiger partial charge in [-0.05, 0) is 42.8 Å². The number of carbonyl (C=O) groups is 1. The lowest BCUT2D eigenvalue weighted by Gasteiger charge is -2.28. The van der Waals surface area contributed by atoms with Gasteiger partial charge in [0.05, 0.1) is 12.8 Å². The van der Waals surface area contributed by atoms with E-state index in [9.17, 15) is 22.3 Å². The van der Waals surface area contributed by atoms with E-state index in [1.807, 2.05) is 0 Å². The van der Waals surface area contributed by atoms with E-state index in [0.29, 0.717) is 23.5 Å². The summed E-state index contributed by atoms with van der Waals surface area (Å²) < 4.78 is 57.1. The summed E-state index contributed by atoms with van der Waals surface area (Å²) >= 11 is -2.54. The zero-order chi connectivity index (χ0) is 25.6. The fourth-order valence-electron chi connectivity index (χ4n) is 3.82. The molecule has 35 heavy (non-hydrogen) atoms. The van der Waals surface area contributed by atoms with Crippen LogP contribution in [-0.2, 0) is 11.3 Å². The Morgan fingerprint density at radius 1 is 0.943 bits per heavy atom. The van der Waals surface area contributed by atoms with Gasteiger partial charge in [-0.15, -0.1) is 0 Å². The molecule has 0 spiro atoms. The van der Waals surface area contributed by atoms with E-state index >= 15 is 0 Å². The Hall–Kier alpha value is -2.52. The molecule has 9 heteroatoms. The number of amides is 1. The quantitative estimate of drug-likeness (QED) is 0.201. The Labute approximate surface area is 209 Å². The summed E-state index contributed by atoms with van der Waals surface area (Å²) in [5.74, 6) is -2.48. The zero-order valence-electron chi connectivity index (χ0n) is 20.5. The minimum atomic E-state index is -2.54. The number of hydrogen-bond donors (Lipinski definition) is 1. The number of nitrogens with zero attached hydrogens (tertiary/aromatic N) is 1. The van der Waals surface area contributed by atoms with Crippen LogP contribution in [-0.4, -0.2) is 28.3 Å². The maximum atomic E-state index is 13.5. The number of carbonyl (C=O) groups excluding carboxylic acids is 1. The van der Waals surface area contributed by atoms with Crippen LogP contribution in [0.3, 0.4) is 0 Å². The smallest absolute Gasteiger partial charge is 0.255 e. The van der Waals surface area contributed by atoms with E-state index in [1.165, 1.54) is 62.1 Å². The first kappa shape index (κ1) is 28.7. The number of methoxy groups -OCH3 is 1. The van der Waals surface area contributed by atoms with Gasteiger partial charge < -0.3 is 14.6 Å². The zero-order valence-corrected chi connectivity index (χ0v) is 21.3. The van der Waals surface area contributed by atoms with Gasteiger partial charge in [-0.1, -0.05) is 64.7 Å². The lowest BCUT2D eigenvalue weighted by atomic mass is 10.1. The molecule has 1 N–H and O–H groups in total. The van der Waals surface area contributed by atoms with Crippen LogP contribution < -0.4 is 14.4 Å². The Bertz CT molecular complexity index is 974. The van der Waals surface area contributed by atoms with Crippen molar-refractivity contribution in [3.8, 4) is 5.75 Å². The Balaban J connectivity index is 1.96. The highest BCUT2D eigenvalue weighted by Crippen LogP contribution is 2.32. The second-order valence-electron chi connectivity index (χ2n) is 8.47. The number of hydrogen-bond acceptors (Lipinski definition) is 4. The molecule has 6 nitrogen and oxygen atoms in total. The standard InChI is InChI=1S/C26H36F2N2O4S/c1-3-4-5-6-7-8-9-10-11-12-17-30(35(32)33)24-19-21(14-16-25(24)34-2)29-26(31)20-13-15-22(27)23(28)18-20/h13-16,18-19H,3-12,17H2,1-2H3,(H,29,31)(H,32,33)/p-1. The third kappa shape index (κ3) is 9.57. The lowest BCUT2D eigenvalue weighted by molar-refractivity contribution is 0.102. The number of ether oxygens (including phenoxy) is 1. The molecule has 0 radical (unpaired) electrons. The average Bonchev–Trinajstić information content (AvgIpc) is 2.84. The van der Waals surface area contributed by atoms with Crippen molar-refractivity contribution in [2.24, 2.45) is 0 Å². The van der Waals surface area contributed by atoms with Crippen LogP contribution in [0.2, 0.25) is 0 Å². The van der Waals surface area contributed by atoms with Gasteiger partial charge in [-0.25, -0.2) is 8.78 Å². The predicted octanol–water partition coefficient (Wildman–Crippen LogP) is 6.75. The molecule has 1 unspecified atom stereocenters. The second-order valence-corrected chi connectivity index (χ2v) is 9.35. The molecule has 1 amide bonds. The van der Waals surface area contributed by atoms with Crippen LogP contribution in [0.5, 0.6) is 5.75 Å². The maximum Gasteiger partial charge on any atom is 0.255 e. The number of anilines is 2. The molecule has 2 aromatic carbocycles. The van der Waals surface area contributed by atoms with Gasteiger partial charge in [0.25, 0.3) is 5.91 Å². The van der Waals surface area contributed by atoms with Crippen LogP contribution in [0.1, 0.15) is 81.5 Å². The molecule has 0 saturated carbocycles. The number of unbranched alkanes of at least 4 members (excludes halogenated alkanes) is 9. The SMILES string of the molecule is CCCCCCCCCCCCN(c1cc(NC(=O)c2ccc(F)c(F)c2)ccc1OC)S(=O)[O-]. The molecule has 0 aromatic heterocycles. The molecule has 0 fully saturated rings. The highest BCUT2D eigenvalue weighted by molar-refractivity contribution is 7.80.